The summed E-state index contributed by atoms with van der Waals surface area (Å²) in [6.45, 7) is 1.22. The highest BCUT2D eigenvalue weighted by atomic mass is 32.1. The van der Waals surface area contributed by atoms with Crippen molar-refractivity contribution in [1.29, 1.82) is 0 Å². The molecule has 1 fully saturated rings. The van der Waals surface area contributed by atoms with Crippen LogP contribution in [0.4, 0.5) is 0 Å². The molecule has 1 atom stereocenters. The number of benzene rings is 1. The summed E-state index contributed by atoms with van der Waals surface area (Å²) >= 11 is 1.43. The van der Waals surface area contributed by atoms with Crippen molar-refractivity contribution in [3.63, 3.8) is 0 Å². The molecule has 4 aromatic rings. The lowest BCUT2D eigenvalue weighted by Crippen LogP contribution is -2.28. The molecule has 5 rings (SSSR count). The summed E-state index contributed by atoms with van der Waals surface area (Å²) < 4.78 is 6.32. The molecule has 1 aliphatic rings. The lowest BCUT2D eigenvalue weighted by Gasteiger charge is -2.16. The van der Waals surface area contributed by atoms with Gasteiger partial charge in [0.05, 0.1) is 4.88 Å². The van der Waals surface area contributed by atoms with E-state index >= 15 is 0 Å². The van der Waals surface area contributed by atoms with Crippen molar-refractivity contribution in [3.05, 3.63) is 65.0 Å². The van der Waals surface area contributed by atoms with Crippen LogP contribution in [0.1, 0.15) is 39.9 Å². The number of carbonyl (C=O) groups is 2. The zero-order chi connectivity index (χ0) is 22.1. The molecule has 8 nitrogen and oxygen atoms in total. The van der Waals surface area contributed by atoms with Gasteiger partial charge in [0.15, 0.2) is 0 Å². The Balaban J connectivity index is 1.25. The zero-order valence-electron chi connectivity index (χ0n) is 17.2. The Kier molecular flexibility index (Phi) is 5.40. The molecule has 9 heteroatoms. The van der Waals surface area contributed by atoms with Crippen LogP contribution in [0.25, 0.3) is 21.6 Å². The van der Waals surface area contributed by atoms with Gasteiger partial charge in [0, 0.05) is 42.7 Å². The first kappa shape index (κ1) is 20.3. The number of carbonyl (C=O) groups excluding carboxylic acids is 2. The van der Waals surface area contributed by atoms with E-state index in [-0.39, 0.29) is 18.2 Å². The third-order valence-electron chi connectivity index (χ3n) is 5.72. The third-order valence-corrected chi connectivity index (χ3v) is 6.92. The van der Waals surface area contributed by atoms with Crippen LogP contribution in [-0.2, 0) is 11.2 Å². The lowest BCUT2D eigenvalue weighted by atomic mass is 9.95. The zero-order valence-corrected chi connectivity index (χ0v) is 18.0. The standard InChI is InChI=1S/C23H21N5O3S/c24-22(30)21-20(15-5-1-2-7-17(15)32-21)14-10-12-28(13-14)19(29)9-8-18-26-23(27-31-18)16-6-3-4-11-25-16/h1-7,11,14H,8-10,12-13H2,(H2,24,30)/t14-/m0/s1. The van der Waals surface area contributed by atoms with Crippen LogP contribution in [0, 0.1) is 0 Å². The molecule has 0 unspecified atom stereocenters. The van der Waals surface area contributed by atoms with Gasteiger partial charge < -0.3 is 15.2 Å². The van der Waals surface area contributed by atoms with Gasteiger partial charge >= 0.3 is 0 Å². The third kappa shape index (κ3) is 3.87. The summed E-state index contributed by atoms with van der Waals surface area (Å²) in [5, 5.41) is 5.00. The first-order chi connectivity index (χ1) is 15.6. The summed E-state index contributed by atoms with van der Waals surface area (Å²) in [5.74, 6) is 0.542. The first-order valence-corrected chi connectivity index (χ1v) is 11.2. The monoisotopic (exact) mass is 447 g/mol. The Morgan fingerprint density at radius 2 is 2.03 bits per heavy atom. The largest absolute Gasteiger partial charge is 0.365 e. The number of hydrogen-bond donors (Lipinski definition) is 1. The predicted molar refractivity (Wildman–Crippen MR) is 120 cm³/mol. The number of rotatable bonds is 6. The van der Waals surface area contributed by atoms with Crippen molar-refractivity contribution >= 4 is 33.2 Å². The average molecular weight is 448 g/mol. The topological polar surface area (TPSA) is 115 Å². The van der Waals surface area contributed by atoms with Crippen LogP contribution in [0.5, 0.6) is 0 Å². The second-order valence-electron chi connectivity index (χ2n) is 7.76. The number of primary amides is 1. The highest BCUT2D eigenvalue weighted by Gasteiger charge is 2.32. The van der Waals surface area contributed by atoms with Crippen LogP contribution in [-0.4, -0.2) is 44.9 Å². The van der Waals surface area contributed by atoms with E-state index in [4.69, 9.17) is 10.3 Å². The molecule has 0 bridgehead atoms. The molecule has 2 N–H and O–H groups in total. The molecule has 0 radical (unpaired) electrons. The SMILES string of the molecule is NC(=O)c1sc2ccccc2c1[C@H]1CCN(C(=O)CCc2nc(-c3ccccn3)no2)C1. The van der Waals surface area contributed by atoms with E-state index in [0.717, 1.165) is 22.1 Å². The van der Waals surface area contributed by atoms with Crippen molar-refractivity contribution in [3.8, 4) is 11.5 Å². The first-order valence-electron chi connectivity index (χ1n) is 10.4. The Morgan fingerprint density at radius 1 is 1.19 bits per heavy atom. The maximum atomic E-state index is 12.8. The van der Waals surface area contributed by atoms with Gasteiger partial charge in [-0.2, -0.15) is 4.98 Å². The molecule has 4 heterocycles. The number of likely N-dealkylation sites (tertiary alicyclic amines) is 1. The highest BCUT2D eigenvalue weighted by Crippen LogP contribution is 2.40. The molecule has 0 aliphatic carbocycles. The van der Waals surface area contributed by atoms with Gasteiger partial charge in [-0.3, -0.25) is 14.6 Å². The highest BCUT2D eigenvalue weighted by molar-refractivity contribution is 7.21. The van der Waals surface area contributed by atoms with Gasteiger partial charge in [-0.15, -0.1) is 11.3 Å². The minimum atomic E-state index is -0.411. The summed E-state index contributed by atoms with van der Waals surface area (Å²) in [5.41, 5.74) is 7.27. The number of nitrogens with zero attached hydrogens (tertiary/aromatic N) is 4. The van der Waals surface area contributed by atoms with E-state index < -0.39 is 5.91 Å². The minimum absolute atomic E-state index is 0.0326. The molecule has 2 amide bonds. The van der Waals surface area contributed by atoms with E-state index in [9.17, 15) is 9.59 Å². The fourth-order valence-corrected chi connectivity index (χ4v) is 5.35. The van der Waals surface area contributed by atoms with E-state index in [0.29, 0.717) is 41.8 Å². The van der Waals surface area contributed by atoms with E-state index in [1.165, 1.54) is 11.3 Å². The fourth-order valence-electron chi connectivity index (χ4n) is 4.20. The van der Waals surface area contributed by atoms with Gasteiger partial charge in [-0.25, -0.2) is 0 Å². The molecule has 162 valence electrons. The number of amides is 2. The van der Waals surface area contributed by atoms with Crippen molar-refractivity contribution < 1.29 is 14.1 Å². The molecule has 1 aliphatic heterocycles. The molecule has 0 spiro atoms. The summed E-state index contributed by atoms with van der Waals surface area (Å²) in [7, 11) is 0. The Labute approximate surface area is 188 Å². The maximum absolute atomic E-state index is 12.8. The summed E-state index contributed by atoms with van der Waals surface area (Å²) in [6.07, 6.45) is 3.12. The van der Waals surface area contributed by atoms with E-state index in [1.54, 1.807) is 12.3 Å². The van der Waals surface area contributed by atoms with Gasteiger partial charge in [0.1, 0.15) is 5.69 Å². The van der Waals surface area contributed by atoms with Crippen LogP contribution >= 0.6 is 11.3 Å². The minimum Gasteiger partial charge on any atom is -0.365 e. The number of pyridine rings is 1. The number of aryl methyl sites for hydroxylation is 1. The number of hydrogen-bond acceptors (Lipinski definition) is 7. The second kappa shape index (κ2) is 8.51. The van der Waals surface area contributed by atoms with E-state index in [1.807, 2.05) is 41.3 Å². The quantitative estimate of drug-likeness (QED) is 0.484. The fraction of sp³-hybridized carbons (Fsp3) is 0.261. The molecule has 1 aromatic carbocycles. The predicted octanol–water partition coefficient (Wildman–Crippen LogP) is 3.39. The van der Waals surface area contributed by atoms with Gasteiger partial charge in [-0.05, 0) is 35.6 Å². The van der Waals surface area contributed by atoms with Gasteiger partial charge in [0.25, 0.3) is 5.91 Å². The number of nitrogens with two attached hydrogens (primary N) is 1. The molecule has 0 saturated carbocycles. The normalized spacial score (nSPS) is 16.0. The molecule has 1 saturated heterocycles. The number of fused-ring (bicyclic) bond motifs is 1. The number of aromatic nitrogens is 3. The summed E-state index contributed by atoms with van der Waals surface area (Å²) in [6, 6.07) is 13.4. The van der Waals surface area contributed by atoms with Crippen molar-refractivity contribution in [2.45, 2.75) is 25.2 Å². The van der Waals surface area contributed by atoms with Crippen LogP contribution in [0.2, 0.25) is 0 Å². The molecular weight excluding hydrogens is 426 g/mol. The van der Waals surface area contributed by atoms with Gasteiger partial charge in [-0.1, -0.05) is 29.4 Å². The molecular formula is C23H21N5O3S. The number of thiophene rings is 1. The van der Waals surface area contributed by atoms with Crippen molar-refractivity contribution in [1.82, 2.24) is 20.0 Å². The summed E-state index contributed by atoms with van der Waals surface area (Å²) in [4.78, 5) is 35.9. The maximum Gasteiger partial charge on any atom is 0.259 e. The molecule has 32 heavy (non-hydrogen) atoms. The van der Waals surface area contributed by atoms with Crippen LogP contribution < -0.4 is 5.73 Å². The van der Waals surface area contributed by atoms with E-state index in [2.05, 4.69) is 15.1 Å². The Morgan fingerprint density at radius 3 is 2.84 bits per heavy atom. The van der Waals surface area contributed by atoms with Crippen molar-refractivity contribution in [2.75, 3.05) is 13.1 Å². The smallest absolute Gasteiger partial charge is 0.259 e. The van der Waals surface area contributed by atoms with Crippen molar-refractivity contribution in [2.24, 2.45) is 5.73 Å². The van der Waals surface area contributed by atoms with Gasteiger partial charge in [0.2, 0.25) is 17.6 Å². The van der Waals surface area contributed by atoms with Crippen LogP contribution in [0.15, 0.2) is 53.2 Å². The second-order valence-corrected chi connectivity index (χ2v) is 8.81. The Bertz CT molecular complexity index is 1280. The van der Waals surface area contributed by atoms with Crippen LogP contribution in [0.3, 0.4) is 0 Å². The molecule has 3 aromatic heterocycles. The average Bonchev–Trinajstić information content (AvgIpc) is 3.56. The lowest BCUT2D eigenvalue weighted by molar-refractivity contribution is -0.130. The Hall–Kier alpha value is -3.59.